The van der Waals surface area contributed by atoms with Crippen LogP contribution in [0.2, 0.25) is 5.02 Å². The van der Waals surface area contributed by atoms with Gasteiger partial charge in [-0.25, -0.2) is 0 Å². The molecular weight excluding hydrogens is 266 g/mol. The first-order valence-electron chi connectivity index (χ1n) is 6.34. The van der Waals surface area contributed by atoms with Crippen LogP contribution in [-0.2, 0) is 4.79 Å². The van der Waals surface area contributed by atoms with Gasteiger partial charge in [0, 0.05) is 21.6 Å². The van der Waals surface area contributed by atoms with Crippen LogP contribution in [0.3, 0.4) is 0 Å². The van der Waals surface area contributed by atoms with E-state index in [1.807, 2.05) is 43.8 Å². The zero-order valence-corrected chi connectivity index (χ0v) is 12.3. The van der Waals surface area contributed by atoms with E-state index in [0.717, 1.165) is 29.2 Å². The number of carbonyl (C=O) groups excluding carboxylic acids is 1. The summed E-state index contributed by atoms with van der Waals surface area (Å²) in [5, 5.41) is 3.88. The van der Waals surface area contributed by atoms with E-state index in [0.29, 0.717) is 0 Å². The van der Waals surface area contributed by atoms with Crippen molar-refractivity contribution in [1.82, 2.24) is 5.32 Å². The molecule has 1 aliphatic heterocycles. The first-order chi connectivity index (χ1) is 8.61. The SMILES string of the molecule is CC[C@H](C)C(=O)N[C@H]1CCSc2ccc(Cl)cc21. The second kappa shape index (κ2) is 5.98. The summed E-state index contributed by atoms with van der Waals surface area (Å²) in [5.41, 5.74) is 1.16. The molecule has 1 aromatic rings. The van der Waals surface area contributed by atoms with Gasteiger partial charge in [0.25, 0.3) is 0 Å². The third-order valence-corrected chi connectivity index (χ3v) is 4.75. The molecule has 0 fully saturated rings. The molecule has 2 nitrogen and oxygen atoms in total. The second-order valence-electron chi connectivity index (χ2n) is 4.69. The Bertz CT molecular complexity index is 449. The highest BCUT2D eigenvalue weighted by Gasteiger charge is 2.23. The molecule has 0 spiro atoms. The lowest BCUT2D eigenvalue weighted by molar-refractivity contribution is -0.125. The van der Waals surface area contributed by atoms with E-state index in [4.69, 9.17) is 11.6 Å². The van der Waals surface area contributed by atoms with Crippen molar-refractivity contribution < 1.29 is 4.79 Å². The summed E-state index contributed by atoms with van der Waals surface area (Å²) in [4.78, 5) is 13.2. The predicted molar refractivity (Wildman–Crippen MR) is 77.1 cm³/mol. The topological polar surface area (TPSA) is 29.1 Å². The number of carbonyl (C=O) groups is 1. The quantitative estimate of drug-likeness (QED) is 0.907. The fourth-order valence-corrected chi connectivity index (χ4v) is 3.30. The largest absolute Gasteiger partial charge is 0.349 e. The highest BCUT2D eigenvalue weighted by Crippen LogP contribution is 2.37. The van der Waals surface area contributed by atoms with Crippen molar-refractivity contribution in [1.29, 1.82) is 0 Å². The maximum absolute atomic E-state index is 12.0. The highest BCUT2D eigenvalue weighted by atomic mass is 35.5. The van der Waals surface area contributed by atoms with Gasteiger partial charge in [0.2, 0.25) is 5.91 Å². The Morgan fingerprint density at radius 1 is 1.61 bits per heavy atom. The lowest BCUT2D eigenvalue weighted by Gasteiger charge is -2.27. The van der Waals surface area contributed by atoms with Gasteiger partial charge in [-0.05, 0) is 36.6 Å². The monoisotopic (exact) mass is 283 g/mol. The average molecular weight is 284 g/mol. The fraction of sp³-hybridized carbons (Fsp3) is 0.500. The Balaban J connectivity index is 2.17. The maximum Gasteiger partial charge on any atom is 0.223 e. The molecule has 0 aliphatic carbocycles. The van der Waals surface area contributed by atoms with E-state index in [1.54, 1.807) is 0 Å². The normalized spacial score (nSPS) is 20.1. The molecule has 0 radical (unpaired) electrons. The first-order valence-corrected chi connectivity index (χ1v) is 7.70. The van der Waals surface area contributed by atoms with Crippen LogP contribution in [0.4, 0.5) is 0 Å². The third kappa shape index (κ3) is 3.01. The molecule has 98 valence electrons. The Labute approximate surface area is 117 Å². The molecule has 0 bridgehead atoms. The van der Waals surface area contributed by atoms with E-state index >= 15 is 0 Å². The van der Waals surface area contributed by atoms with Gasteiger partial charge in [0.1, 0.15) is 0 Å². The van der Waals surface area contributed by atoms with Gasteiger partial charge in [0.15, 0.2) is 0 Å². The molecule has 0 aromatic heterocycles. The second-order valence-corrected chi connectivity index (χ2v) is 6.26. The lowest BCUT2D eigenvalue weighted by Crippen LogP contribution is -2.34. The summed E-state index contributed by atoms with van der Waals surface area (Å²) in [7, 11) is 0. The van der Waals surface area contributed by atoms with E-state index in [-0.39, 0.29) is 17.9 Å². The van der Waals surface area contributed by atoms with Crippen molar-refractivity contribution in [3.05, 3.63) is 28.8 Å². The Morgan fingerprint density at radius 2 is 2.39 bits per heavy atom. The number of rotatable bonds is 3. The Hall–Kier alpha value is -0.670. The van der Waals surface area contributed by atoms with Crippen molar-refractivity contribution in [2.75, 3.05) is 5.75 Å². The zero-order valence-electron chi connectivity index (χ0n) is 10.7. The number of hydrogen-bond acceptors (Lipinski definition) is 2. The van der Waals surface area contributed by atoms with Gasteiger partial charge in [0.05, 0.1) is 6.04 Å². The minimum Gasteiger partial charge on any atom is -0.349 e. The van der Waals surface area contributed by atoms with Crippen molar-refractivity contribution in [3.8, 4) is 0 Å². The molecule has 0 saturated heterocycles. The molecule has 2 rings (SSSR count). The molecule has 0 saturated carbocycles. The summed E-state index contributed by atoms with van der Waals surface area (Å²) in [5.74, 6) is 1.25. The summed E-state index contributed by atoms with van der Waals surface area (Å²) >= 11 is 7.88. The van der Waals surface area contributed by atoms with Gasteiger partial charge in [-0.1, -0.05) is 25.4 Å². The summed E-state index contributed by atoms with van der Waals surface area (Å²) in [6, 6.07) is 6.04. The van der Waals surface area contributed by atoms with Crippen molar-refractivity contribution in [3.63, 3.8) is 0 Å². The number of amides is 1. The molecular formula is C14H18ClNOS. The molecule has 0 unspecified atom stereocenters. The van der Waals surface area contributed by atoms with E-state index in [9.17, 15) is 4.79 Å². The van der Waals surface area contributed by atoms with Gasteiger partial charge in [-0.3, -0.25) is 4.79 Å². The number of nitrogens with one attached hydrogen (secondary N) is 1. The maximum atomic E-state index is 12.0. The summed E-state index contributed by atoms with van der Waals surface area (Å²) in [6.45, 7) is 4.00. The molecule has 1 N–H and O–H groups in total. The molecule has 2 atom stereocenters. The Morgan fingerprint density at radius 3 is 3.11 bits per heavy atom. The van der Waals surface area contributed by atoms with Gasteiger partial charge in [-0.15, -0.1) is 11.8 Å². The molecule has 1 amide bonds. The van der Waals surface area contributed by atoms with Gasteiger partial charge in [-0.2, -0.15) is 0 Å². The van der Waals surface area contributed by atoms with Crippen molar-refractivity contribution >= 4 is 29.3 Å². The zero-order chi connectivity index (χ0) is 13.1. The average Bonchev–Trinajstić information content (AvgIpc) is 2.38. The third-order valence-electron chi connectivity index (χ3n) is 3.39. The number of thioether (sulfide) groups is 1. The minimum atomic E-state index is 0.0715. The van der Waals surface area contributed by atoms with Crippen LogP contribution in [0, 0.1) is 5.92 Å². The predicted octanol–water partition coefficient (Wildman–Crippen LogP) is 4.04. The fourth-order valence-electron chi connectivity index (χ4n) is 2.01. The van der Waals surface area contributed by atoms with Crippen LogP contribution in [0.25, 0.3) is 0 Å². The van der Waals surface area contributed by atoms with Crippen molar-refractivity contribution in [2.45, 2.75) is 37.6 Å². The molecule has 18 heavy (non-hydrogen) atoms. The van der Waals surface area contributed by atoms with Crippen LogP contribution in [-0.4, -0.2) is 11.7 Å². The van der Waals surface area contributed by atoms with Gasteiger partial charge >= 0.3 is 0 Å². The number of halogens is 1. The molecule has 1 aliphatic rings. The number of fused-ring (bicyclic) bond motifs is 1. The van der Waals surface area contributed by atoms with Crippen molar-refractivity contribution in [2.24, 2.45) is 5.92 Å². The van der Waals surface area contributed by atoms with Crippen LogP contribution in [0.15, 0.2) is 23.1 Å². The van der Waals surface area contributed by atoms with E-state index < -0.39 is 0 Å². The van der Waals surface area contributed by atoms with Crippen LogP contribution >= 0.6 is 23.4 Å². The lowest BCUT2D eigenvalue weighted by atomic mass is 10.0. The number of benzene rings is 1. The van der Waals surface area contributed by atoms with Crippen LogP contribution in [0.1, 0.15) is 38.3 Å². The van der Waals surface area contributed by atoms with Crippen LogP contribution in [0.5, 0.6) is 0 Å². The van der Waals surface area contributed by atoms with E-state index in [1.165, 1.54) is 4.90 Å². The minimum absolute atomic E-state index is 0.0715. The molecule has 1 heterocycles. The highest BCUT2D eigenvalue weighted by molar-refractivity contribution is 7.99. The smallest absolute Gasteiger partial charge is 0.223 e. The van der Waals surface area contributed by atoms with Crippen LogP contribution < -0.4 is 5.32 Å². The standard InChI is InChI=1S/C14H18ClNOS/c1-3-9(2)14(17)16-12-6-7-18-13-5-4-10(15)8-11(12)13/h4-5,8-9,12H,3,6-7H2,1-2H3,(H,16,17)/t9-,12-/m0/s1. The summed E-state index contributed by atoms with van der Waals surface area (Å²) in [6.07, 6.45) is 1.84. The summed E-state index contributed by atoms with van der Waals surface area (Å²) < 4.78 is 0. The van der Waals surface area contributed by atoms with E-state index in [2.05, 4.69) is 5.32 Å². The molecule has 1 aromatic carbocycles. The van der Waals surface area contributed by atoms with Gasteiger partial charge < -0.3 is 5.32 Å². The number of hydrogen-bond donors (Lipinski definition) is 1. The molecule has 4 heteroatoms. The Kier molecular flexibility index (Phi) is 4.57. The first kappa shape index (κ1) is 13.8.